The fraction of sp³-hybridized carbons (Fsp3) is 0.548. The molecule has 0 radical (unpaired) electrons. The second-order valence-corrected chi connectivity index (χ2v) is 15.6. The molecule has 262 valence electrons. The number of nitrogens with one attached hydrogen (secondary N) is 2. The first-order valence-electron chi connectivity index (χ1n) is 15.7. The average molecular weight is 754 g/mol. The van der Waals surface area contributed by atoms with Gasteiger partial charge in [-0.05, 0) is 30.7 Å². The van der Waals surface area contributed by atoms with Gasteiger partial charge in [0.25, 0.3) is 5.91 Å². The van der Waals surface area contributed by atoms with Crippen molar-refractivity contribution in [3.8, 4) is 5.75 Å². The van der Waals surface area contributed by atoms with Crippen molar-refractivity contribution in [2.45, 2.75) is 77.2 Å². The van der Waals surface area contributed by atoms with E-state index in [9.17, 15) is 27.3 Å². The van der Waals surface area contributed by atoms with Gasteiger partial charge < -0.3 is 15.7 Å². The summed E-state index contributed by atoms with van der Waals surface area (Å²) in [6.07, 6.45) is 11.9. The van der Waals surface area contributed by atoms with Gasteiger partial charge in [-0.2, -0.15) is 13.7 Å². The Morgan fingerprint density at radius 1 is 0.894 bits per heavy atom. The minimum atomic E-state index is -3.83. The minimum Gasteiger partial charge on any atom is -0.506 e. The van der Waals surface area contributed by atoms with E-state index in [1.54, 1.807) is 0 Å². The Kier molecular flexibility index (Phi) is 16.2. The van der Waals surface area contributed by atoms with E-state index in [0.717, 1.165) is 36.1 Å². The summed E-state index contributed by atoms with van der Waals surface area (Å²) < 4.78 is 45.0. The molecule has 0 spiro atoms. The standard InChI is InChI=1S/C31H43Cl3N4O7S2/c1-3-4-5-6-7-8-9-10-11-12-17-47(43,44)38-16-15-37(45-46(2)42)21-28(38)31(41)35-26-20-29(39)27(19-25(26)34)36-30(40)22-13-14-23(32)24(33)18-22/h13-14,18-20,28,39H,3-12,15-17,21H2,1-2H3,(H,35,41)(H,36,40). The highest BCUT2D eigenvalue weighted by Crippen LogP contribution is 2.35. The summed E-state index contributed by atoms with van der Waals surface area (Å²) in [5.74, 6) is -1.83. The molecule has 0 aromatic heterocycles. The normalized spacial score (nSPS) is 16.6. The molecular formula is C31H43Cl3N4O7S2. The monoisotopic (exact) mass is 752 g/mol. The summed E-state index contributed by atoms with van der Waals surface area (Å²) in [6, 6.07) is 5.45. The van der Waals surface area contributed by atoms with Crippen molar-refractivity contribution in [2.75, 3.05) is 42.3 Å². The molecule has 2 unspecified atom stereocenters. The van der Waals surface area contributed by atoms with E-state index in [1.165, 1.54) is 67.7 Å². The molecule has 0 saturated carbocycles. The highest BCUT2D eigenvalue weighted by Gasteiger charge is 2.40. The van der Waals surface area contributed by atoms with Crippen LogP contribution in [-0.4, -0.2) is 76.6 Å². The maximum Gasteiger partial charge on any atom is 0.255 e. The van der Waals surface area contributed by atoms with Crippen molar-refractivity contribution in [2.24, 2.45) is 0 Å². The predicted molar refractivity (Wildman–Crippen MR) is 189 cm³/mol. The number of piperazine rings is 1. The van der Waals surface area contributed by atoms with Gasteiger partial charge in [0.1, 0.15) is 11.8 Å². The van der Waals surface area contributed by atoms with E-state index < -0.39 is 44.7 Å². The molecule has 1 fully saturated rings. The first kappa shape index (κ1) is 39.5. The molecule has 2 aromatic carbocycles. The largest absolute Gasteiger partial charge is 0.506 e. The average Bonchev–Trinajstić information content (AvgIpc) is 3.01. The van der Waals surface area contributed by atoms with Crippen molar-refractivity contribution in [3.05, 3.63) is 51.0 Å². The Labute approximate surface area is 294 Å². The van der Waals surface area contributed by atoms with Gasteiger partial charge in [-0.1, -0.05) is 99.5 Å². The van der Waals surface area contributed by atoms with Gasteiger partial charge in [-0.3, -0.25) is 9.59 Å². The van der Waals surface area contributed by atoms with Crippen molar-refractivity contribution in [3.63, 3.8) is 0 Å². The third kappa shape index (κ3) is 12.5. The molecule has 47 heavy (non-hydrogen) atoms. The lowest BCUT2D eigenvalue weighted by atomic mass is 10.1. The van der Waals surface area contributed by atoms with Crippen LogP contribution < -0.4 is 10.6 Å². The number of hydroxylamine groups is 2. The number of carbonyl (C=O) groups is 2. The lowest BCUT2D eigenvalue weighted by molar-refractivity contribution is -0.129. The molecule has 3 rings (SSSR count). The van der Waals surface area contributed by atoms with Crippen LogP contribution in [0.4, 0.5) is 11.4 Å². The fourth-order valence-corrected chi connectivity index (χ4v) is 7.85. The van der Waals surface area contributed by atoms with Crippen LogP contribution in [0.25, 0.3) is 0 Å². The Balaban J connectivity index is 1.66. The van der Waals surface area contributed by atoms with E-state index in [-0.39, 0.29) is 57.4 Å². The Hall–Kier alpha value is -1.97. The number of rotatable bonds is 18. The van der Waals surface area contributed by atoms with E-state index in [4.69, 9.17) is 39.1 Å². The number of phenols is 1. The van der Waals surface area contributed by atoms with Gasteiger partial charge in [0, 0.05) is 31.0 Å². The fourth-order valence-electron chi connectivity index (χ4n) is 5.20. The van der Waals surface area contributed by atoms with Gasteiger partial charge in [-0.15, -0.1) is 0 Å². The number of benzene rings is 2. The molecule has 11 nitrogen and oxygen atoms in total. The smallest absolute Gasteiger partial charge is 0.255 e. The van der Waals surface area contributed by atoms with Crippen LogP contribution in [-0.2, 0) is 30.2 Å². The highest BCUT2D eigenvalue weighted by atomic mass is 35.5. The summed E-state index contributed by atoms with van der Waals surface area (Å²) in [7, 11) is -3.83. The molecule has 1 heterocycles. The molecule has 0 bridgehead atoms. The Bertz CT molecular complexity index is 1510. The number of sulfonamides is 1. The second kappa shape index (κ2) is 19.3. The maximum atomic E-state index is 13.6. The first-order valence-corrected chi connectivity index (χ1v) is 19.9. The third-order valence-electron chi connectivity index (χ3n) is 7.69. The van der Waals surface area contributed by atoms with Crippen LogP contribution in [0, 0.1) is 0 Å². The number of carbonyl (C=O) groups excluding carboxylic acids is 2. The summed E-state index contributed by atoms with van der Waals surface area (Å²) in [6.45, 7) is 2.09. The molecule has 0 aliphatic carbocycles. The van der Waals surface area contributed by atoms with Gasteiger partial charge in [0.2, 0.25) is 15.9 Å². The molecule has 1 aliphatic heterocycles. The number of unbranched alkanes of at least 4 members (excludes halogenated alkanes) is 9. The van der Waals surface area contributed by atoms with E-state index in [1.807, 2.05) is 0 Å². The van der Waals surface area contributed by atoms with E-state index in [2.05, 4.69) is 17.6 Å². The summed E-state index contributed by atoms with van der Waals surface area (Å²) in [5, 5.41) is 17.5. The van der Waals surface area contributed by atoms with Crippen LogP contribution in [0.3, 0.4) is 0 Å². The zero-order chi connectivity index (χ0) is 34.6. The van der Waals surface area contributed by atoms with Gasteiger partial charge in [-0.25, -0.2) is 12.6 Å². The molecule has 2 amide bonds. The SMILES string of the molecule is CCCCCCCCCCCCS(=O)(=O)N1CCN(OS(C)=O)CC1C(=O)Nc1cc(O)c(NC(=O)c2ccc(Cl)c(Cl)c2)cc1Cl. The second-order valence-electron chi connectivity index (χ2n) is 11.4. The lowest BCUT2D eigenvalue weighted by Gasteiger charge is -2.38. The van der Waals surface area contributed by atoms with Crippen LogP contribution >= 0.6 is 34.8 Å². The summed E-state index contributed by atoms with van der Waals surface area (Å²) in [5.41, 5.74) is 0.141. The lowest BCUT2D eigenvalue weighted by Crippen LogP contribution is -2.59. The molecule has 1 saturated heterocycles. The number of hydrogen-bond donors (Lipinski definition) is 3. The summed E-state index contributed by atoms with van der Waals surface area (Å²) >= 11 is 16.6. The molecule has 16 heteroatoms. The van der Waals surface area contributed by atoms with Crippen molar-refractivity contribution in [1.29, 1.82) is 0 Å². The van der Waals surface area contributed by atoms with Crippen LogP contribution in [0.15, 0.2) is 30.3 Å². The van der Waals surface area contributed by atoms with Gasteiger partial charge in [0.15, 0.2) is 11.1 Å². The summed E-state index contributed by atoms with van der Waals surface area (Å²) in [4.78, 5) is 26.3. The van der Waals surface area contributed by atoms with Crippen LogP contribution in [0.5, 0.6) is 5.75 Å². The zero-order valence-corrected chi connectivity index (χ0v) is 30.5. The molecule has 3 N–H and O–H groups in total. The third-order valence-corrected chi connectivity index (χ3v) is 11.1. The van der Waals surface area contributed by atoms with E-state index >= 15 is 0 Å². The molecular weight excluding hydrogens is 711 g/mol. The zero-order valence-electron chi connectivity index (χ0n) is 26.6. The number of aromatic hydroxyl groups is 1. The van der Waals surface area contributed by atoms with E-state index in [0.29, 0.717) is 6.42 Å². The molecule has 2 atom stereocenters. The molecule has 1 aliphatic rings. The predicted octanol–water partition coefficient (Wildman–Crippen LogP) is 7.01. The van der Waals surface area contributed by atoms with Gasteiger partial charge in [0.05, 0.1) is 38.7 Å². The van der Waals surface area contributed by atoms with Crippen molar-refractivity contribution < 1.29 is 31.6 Å². The van der Waals surface area contributed by atoms with Crippen LogP contribution in [0.1, 0.15) is 81.5 Å². The minimum absolute atomic E-state index is 0.00847. The first-order chi connectivity index (χ1) is 22.3. The van der Waals surface area contributed by atoms with Crippen molar-refractivity contribution in [1.82, 2.24) is 9.37 Å². The van der Waals surface area contributed by atoms with Crippen LogP contribution in [0.2, 0.25) is 15.1 Å². The number of hydrogen-bond acceptors (Lipinski definition) is 8. The maximum absolute atomic E-state index is 13.6. The number of nitrogens with zero attached hydrogens (tertiary/aromatic N) is 2. The number of amides is 2. The number of phenolic OH excluding ortho intramolecular Hbond substituents is 1. The number of anilines is 2. The topological polar surface area (TPSA) is 145 Å². The number of halogens is 3. The highest BCUT2D eigenvalue weighted by molar-refractivity contribution is 7.89. The molecule has 2 aromatic rings. The quantitative estimate of drug-likeness (QED) is 0.109. The Morgan fingerprint density at radius 2 is 1.53 bits per heavy atom. The van der Waals surface area contributed by atoms with Gasteiger partial charge >= 0.3 is 0 Å². The Morgan fingerprint density at radius 3 is 2.15 bits per heavy atom. The van der Waals surface area contributed by atoms with Crippen molar-refractivity contribution >= 4 is 79.1 Å².